The molecule has 0 radical (unpaired) electrons. The number of fused-ring (bicyclic) bond motifs is 1. The number of aromatic nitrogens is 1. The molecule has 5 heteroatoms. The van der Waals surface area contributed by atoms with E-state index in [-0.39, 0.29) is 12.0 Å². The van der Waals surface area contributed by atoms with Gasteiger partial charge in [-0.2, -0.15) is 18.4 Å². The van der Waals surface area contributed by atoms with Gasteiger partial charge in [0.25, 0.3) is 0 Å². The lowest BCUT2D eigenvalue weighted by atomic mass is 10.1. The number of aryl methyl sites for hydroxylation is 2. The van der Waals surface area contributed by atoms with E-state index in [2.05, 4.69) is 0 Å². The zero-order valence-corrected chi connectivity index (χ0v) is 9.97. The van der Waals surface area contributed by atoms with Crippen LogP contribution in [0.15, 0.2) is 18.2 Å². The SMILES string of the molecule is Cc1cccc2c(CC#N)c(C(F)(F)F)n(C)c12. The smallest absolute Gasteiger partial charge is 0.340 e. The summed E-state index contributed by atoms with van der Waals surface area (Å²) < 4.78 is 40.4. The van der Waals surface area contributed by atoms with Crippen molar-refractivity contribution in [3.05, 3.63) is 35.0 Å². The molecule has 0 aliphatic carbocycles. The van der Waals surface area contributed by atoms with Crippen LogP contribution in [0.4, 0.5) is 13.2 Å². The first-order valence-electron chi connectivity index (χ1n) is 5.39. The standard InChI is InChI=1S/C13H11F3N2/c1-8-4-3-5-9-10(6-7-17)12(13(14,15)16)18(2)11(8)9/h3-5H,6H2,1-2H3. The third-order valence-corrected chi connectivity index (χ3v) is 3.04. The average molecular weight is 252 g/mol. The lowest BCUT2D eigenvalue weighted by Gasteiger charge is -2.10. The maximum absolute atomic E-state index is 13.1. The van der Waals surface area contributed by atoms with Crippen LogP contribution in [0.1, 0.15) is 16.8 Å². The number of nitrogens with zero attached hydrogens (tertiary/aromatic N) is 2. The van der Waals surface area contributed by atoms with E-state index < -0.39 is 11.9 Å². The van der Waals surface area contributed by atoms with Crippen molar-refractivity contribution in [2.75, 3.05) is 0 Å². The minimum atomic E-state index is -4.45. The fourth-order valence-electron chi connectivity index (χ4n) is 2.41. The van der Waals surface area contributed by atoms with E-state index in [1.165, 1.54) is 7.05 Å². The van der Waals surface area contributed by atoms with Crippen molar-refractivity contribution in [1.29, 1.82) is 5.26 Å². The highest BCUT2D eigenvalue weighted by molar-refractivity contribution is 5.88. The minimum absolute atomic E-state index is 0.0613. The zero-order chi connectivity index (χ0) is 13.5. The summed E-state index contributed by atoms with van der Waals surface area (Å²) >= 11 is 0. The van der Waals surface area contributed by atoms with Crippen molar-refractivity contribution in [3.8, 4) is 6.07 Å². The molecule has 2 rings (SSSR count). The van der Waals surface area contributed by atoms with Crippen molar-refractivity contribution >= 4 is 10.9 Å². The predicted octanol–water partition coefficient (Wildman–Crippen LogP) is 3.57. The van der Waals surface area contributed by atoms with Crippen molar-refractivity contribution in [2.45, 2.75) is 19.5 Å². The third kappa shape index (κ3) is 1.74. The lowest BCUT2D eigenvalue weighted by Crippen LogP contribution is -2.13. The maximum Gasteiger partial charge on any atom is 0.431 e. The molecule has 18 heavy (non-hydrogen) atoms. The van der Waals surface area contributed by atoms with Gasteiger partial charge in [-0.3, -0.25) is 0 Å². The molecular formula is C13H11F3N2. The Bertz CT molecular complexity index is 645. The van der Waals surface area contributed by atoms with Gasteiger partial charge in [0, 0.05) is 18.0 Å². The maximum atomic E-state index is 13.1. The van der Waals surface area contributed by atoms with Crippen LogP contribution in [-0.4, -0.2) is 4.57 Å². The number of rotatable bonds is 1. The van der Waals surface area contributed by atoms with Crippen LogP contribution in [0.25, 0.3) is 10.9 Å². The van der Waals surface area contributed by atoms with Crippen molar-refractivity contribution in [1.82, 2.24) is 4.57 Å². The summed E-state index contributed by atoms with van der Waals surface area (Å²) in [4.78, 5) is 0. The summed E-state index contributed by atoms with van der Waals surface area (Å²) in [5.74, 6) is 0. The fourth-order valence-corrected chi connectivity index (χ4v) is 2.41. The Kier molecular flexibility index (Phi) is 2.81. The largest absolute Gasteiger partial charge is 0.431 e. The van der Waals surface area contributed by atoms with Gasteiger partial charge in [0.05, 0.1) is 18.0 Å². The number of para-hydroxylation sites is 1. The van der Waals surface area contributed by atoms with Gasteiger partial charge in [-0.1, -0.05) is 18.2 Å². The Hall–Kier alpha value is -1.96. The van der Waals surface area contributed by atoms with Crippen LogP contribution in [-0.2, 0) is 19.6 Å². The number of benzene rings is 1. The topological polar surface area (TPSA) is 28.7 Å². The Balaban J connectivity index is 2.93. The monoisotopic (exact) mass is 252 g/mol. The summed E-state index contributed by atoms with van der Waals surface area (Å²) in [5.41, 5.74) is 0.638. The molecule has 1 aromatic heterocycles. The van der Waals surface area contributed by atoms with E-state index in [1.807, 2.05) is 6.07 Å². The molecule has 1 aromatic carbocycles. The third-order valence-electron chi connectivity index (χ3n) is 3.04. The Labute approximate surface area is 102 Å². The Morgan fingerprint density at radius 2 is 2.00 bits per heavy atom. The van der Waals surface area contributed by atoms with E-state index >= 15 is 0 Å². The molecule has 0 aliphatic rings. The number of halogens is 3. The van der Waals surface area contributed by atoms with Gasteiger partial charge in [0.15, 0.2) is 0 Å². The van der Waals surface area contributed by atoms with Gasteiger partial charge in [0.1, 0.15) is 5.69 Å². The molecular weight excluding hydrogens is 241 g/mol. The summed E-state index contributed by atoms with van der Waals surface area (Å²) in [5, 5.41) is 9.23. The molecule has 0 bridgehead atoms. The highest BCUT2D eigenvalue weighted by Crippen LogP contribution is 2.38. The Morgan fingerprint density at radius 1 is 1.33 bits per heavy atom. The second-order valence-corrected chi connectivity index (χ2v) is 4.19. The van der Waals surface area contributed by atoms with E-state index in [0.717, 1.165) is 10.1 Å². The fraction of sp³-hybridized carbons (Fsp3) is 0.308. The van der Waals surface area contributed by atoms with Crippen LogP contribution in [0.2, 0.25) is 0 Å². The molecule has 0 fully saturated rings. The molecule has 0 spiro atoms. The highest BCUT2D eigenvalue weighted by atomic mass is 19.4. The number of hydrogen-bond donors (Lipinski definition) is 0. The summed E-state index contributed by atoms with van der Waals surface area (Å²) in [6, 6.07) is 6.91. The second kappa shape index (κ2) is 4.05. The number of alkyl halides is 3. The first-order chi connectivity index (χ1) is 8.38. The van der Waals surface area contributed by atoms with Gasteiger partial charge in [-0.15, -0.1) is 0 Å². The predicted molar refractivity (Wildman–Crippen MR) is 62.0 cm³/mol. The molecule has 0 amide bonds. The van der Waals surface area contributed by atoms with Crippen LogP contribution in [0.5, 0.6) is 0 Å². The van der Waals surface area contributed by atoms with E-state index in [1.54, 1.807) is 25.1 Å². The minimum Gasteiger partial charge on any atom is -0.340 e. The van der Waals surface area contributed by atoms with Crippen LogP contribution < -0.4 is 0 Å². The van der Waals surface area contributed by atoms with Crippen molar-refractivity contribution in [3.63, 3.8) is 0 Å². The first kappa shape index (κ1) is 12.5. The summed E-state index contributed by atoms with van der Waals surface area (Å²) in [7, 11) is 1.39. The highest BCUT2D eigenvalue weighted by Gasteiger charge is 2.38. The Morgan fingerprint density at radius 3 is 2.56 bits per heavy atom. The molecule has 0 aliphatic heterocycles. The van der Waals surface area contributed by atoms with E-state index in [0.29, 0.717) is 10.9 Å². The van der Waals surface area contributed by atoms with Crippen molar-refractivity contribution < 1.29 is 13.2 Å². The van der Waals surface area contributed by atoms with Gasteiger partial charge < -0.3 is 4.57 Å². The summed E-state index contributed by atoms with van der Waals surface area (Å²) in [6.07, 6.45) is -4.69. The van der Waals surface area contributed by atoms with Gasteiger partial charge in [-0.25, -0.2) is 0 Å². The van der Waals surface area contributed by atoms with Crippen LogP contribution >= 0.6 is 0 Å². The molecule has 0 saturated carbocycles. The molecule has 2 nitrogen and oxygen atoms in total. The van der Waals surface area contributed by atoms with Crippen molar-refractivity contribution in [2.24, 2.45) is 7.05 Å². The molecule has 1 heterocycles. The van der Waals surface area contributed by atoms with Gasteiger partial charge in [0.2, 0.25) is 0 Å². The molecule has 94 valence electrons. The zero-order valence-electron chi connectivity index (χ0n) is 9.97. The molecule has 0 atom stereocenters. The van der Waals surface area contributed by atoms with Crippen LogP contribution in [0.3, 0.4) is 0 Å². The quantitative estimate of drug-likeness (QED) is 0.762. The van der Waals surface area contributed by atoms with Crippen LogP contribution in [0, 0.1) is 18.3 Å². The number of nitriles is 1. The average Bonchev–Trinajstić information content (AvgIpc) is 2.53. The van der Waals surface area contributed by atoms with E-state index in [4.69, 9.17) is 5.26 Å². The molecule has 0 unspecified atom stereocenters. The molecule has 2 aromatic rings. The van der Waals surface area contributed by atoms with Gasteiger partial charge >= 0.3 is 6.18 Å². The summed E-state index contributed by atoms with van der Waals surface area (Å²) in [6.45, 7) is 1.76. The first-order valence-corrected chi connectivity index (χ1v) is 5.39. The van der Waals surface area contributed by atoms with Gasteiger partial charge in [-0.05, 0) is 12.5 Å². The second-order valence-electron chi connectivity index (χ2n) is 4.19. The normalized spacial score (nSPS) is 11.8. The van der Waals surface area contributed by atoms with E-state index in [9.17, 15) is 13.2 Å². The number of hydrogen-bond acceptors (Lipinski definition) is 1. The lowest BCUT2D eigenvalue weighted by molar-refractivity contribution is -0.143. The molecule has 0 saturated heterocycles. The molecule has 0 N–H and O–H groups in total.